The van der Waals surface area contributed by atoms with Gasteiger partial charge in [0.2, 0.25) is 0 Å². The second-order valence-corrected chi connectivity index (χ2v) is 3.77. The zero-order valence-electron chi connectivity index (χ0n) is 9.14. The lowest BCUT2D eigenvalue weighted by Gasteiger charge is -2.06. The second-order valence-electron chi connectivity index (χ2n) is 3.77. The molecule has 2 N–H and O–H groups in total. The lowest BCUT2D eigenvalue weighted by molar-refractivity contribution is 0.474. The number of nitrogens with one attached hydrogen (secondary N) is 1. The van der Waals surface area contributed by atoms with E-state index in [1.807, 2.05) is 31.3 Å². The molecule has 0 aliphatic carbocycles. The fourth-order valence-electron chi connectivity index (χ4n) is 1.52. The highest BCUT2D eigenvalue weighted by molar-refractivity contribution is 5.43. The van der Waals surface area contributed by atoms with Gasteiger partial charge in [0.15, 0.2) is 0 Å². The smallest absolute Gasteiger partial charge is 0.115 e. The molecule has 3 heteroatoms. The van der Waals surface area contributed by atoms with Gasteiger partial charge in [-0.2, -0.15) is 0 Å². The zero-order valence-corrected chi connectivity index (χ0v) is 9.14. The Morgan fingerprint density at radius 3 is 2.88 bits per heavy atom. The predicted molar refractivity (Wildman–Crippen MR) is 64.4 cm³/mol. The van der Waals surface area contributed by atoms with E-state index < -0.39 is 0 Å². The number of hydrogen-bond acceptors (Lipinski definition) is 3. The summed E-state index contributed by atoms with van der Waals surface area (Å²) in [6.07, 6.45) is 3.61. The minimum atomic E-state index is 0.293. The van der Waals surface area contributed by atoms with Gasteiger partial charge in [-0.15, -0.1) is 0 Å². The second kappa shape index (κ2) is 4.66. The number of phenols is 1. The molecule has 0 fully saturated rings. The number of benzene rings is 1. The number of aromatic hydroxyl groups is 1. The molecule has 0 spiro atoms. The molecular weight excluding hydrogens is 200 g/mol. The summed E-state index contributed by atoms with van der Waals surface area (Å²) < 4.78 is 0. The van der Waals surface area contributed by atoms with Gasteiger partial charge in [-0.25, -0.2) is 0 Å². The molecule has 2 rings (SSSR count). The molecule has 82 valence electrons. The van der Waals surface area contributed by atoms with Crippen LogP contribution in [0, 0.1) is 6.92 Å². The van der Waals surface area contributed by atoms with Gasteiger partial charge >= 0.3 is 0 Å². The molecule has 0 aliphatic heterocycles. The monoisotopic (exact) mass is 214 g/mol. The molecular formula is C13H14N2O. The molecule has 16 heavy (non-hydrogen) atoms. The first kappa shape index (κ1) is 10.5. The Labute approximate surface area is 94.8 Å². The van der Waals surface area contributed by atoms with Crippen molar-refractivity contribution < 1.29 is 5.11 Å². The van der Waals surface area contributed by atoms with Crippen LogP contribution in [-0.4, -0.2) is 10.1 Å². The Kier molecular flexibility index (Phi) is 3.05. The molecule has 0 saturated heterocycles. The topological polar surface area (TPSA) is 45.2 Å². The van der Waals surface area contributed by atoms with Crippen molar-refractivity contribution in [1.29, 1.82) is 0 Å². The van der Waals surface area contributed by atoms with E-state index in [-0.39, 0.29) is 0 Å². The highest BCUT2D eigenvalue weighted by Gasteiger charge is 1.96. The molecule has 3 nitrogen and oxygen atoms in total. The molecule has 0 saturated carbocycles. The molecule has 1 aromatic carbocycles. The van der Waals surface area contributed by atoms with Crippen LogP contribution in [0.25, 0.3) is 0 Å². The number of rotatable bonds is 3. The standard InChI is InChI=1S/C13H14N2O/c1-10-5-12(9-14-7-10)15-8-11-3-2-4-13(16)6-11/h2-7,9,15-16H,8H2,1H3. The van der Waals surface area contributed by atoms with Gasteiger partial charge < -0.3 is 10.4 Å². The van der Waals surface area contributed by atoms with Crippen LogP contribution in [-0.2, 0) is 6.54 Å². The van der Waals surface area contributed by atoms with E-state index in [2.05, 4.69) is 10.3 Å². The number of nitrogens with zero attached hydrogens (tertiary/aromatic N) is 1. The SMILES string of the molecule is Cc1cncc(NCc2cccc(O)c2)c1. The van der Waals surface area contributed by atoms with E-state index in [0.717, 1.165) is 16.8 Å². The number of aryl methyl sites for hydroxylation is 1. The van der Waals surface area contributed by atoms with E-state index in [1.165, 1.54) is 0 Å². The predicted octanol–water partition coefficient (Wildman–Crippen LogP) is 2.71. The first-order chi connectivity index (χ1) is 7.74. The van der Waals surface area contributed by atoms with Crippen molar-refractivity contribution in [2.24, 2.45) is 0 Å². The molecule has 1 aromatic heterocycles. The Morgan fingerprint density at radius 1 is 1.25 bits per heavy atom. The van der Waals surface area contributed by atoms with Gasteiger partial charge in [-0.1, -0.05) is 12.1 Å². The van der Waals surface area contributed by atoms with Crippen molar-refractivity contribution in [3.8, 4) is 5.75 Å². The minimum Gasteiger partial charge on any atom is -0.508 e. The van der Waals surface area contributed by atoms with Crippen LogP contribution in [0.2, 0.25) is 0 Å². The van der Waals surface area contributed by atoms with Crippen molar-refractivity contribution in [1.82, 2.24) is 4.98 Å². The van der Waals surface area contributed by atoms with Crippen LogP contribution < -0.4 is 5.32 Å². The molecule has 0 bridgehead atoms. The van der Waals surface area contributed by atoms with Gasteiger partial charge in [0.25, 0.3) is 0 Å². The molecule has 0 atom stereocenters. The van der Waals surface area contributed by atoms with E-state index in [1.54, 1.807) is 18.3 Å². The first-order valence-corrected chi connectivity index (χ1v) is 5.17. The maximum Gasteiger partial charge on any atom is 0.115 e. The minimum absolute atomic E-state index is 0.293. The summed E-state index contributed by atoms with van der Waals surface area (Å²) in [6, 6.07) is 9.25. The van der Waals surface area contributed by atoms with Crippen LogP contribution >= 0.6 is 0 Å². The average Bonchev–Trinajstić information content (AvgIpc) is 2.27. The number of pyridine rings is 1. The van der Waals surface area contributed by atoms with Gasteiger partial charge in [-0.05, 0) is 36.2 Å². The third kappa shape index (κ3) is 2.73. The first-order valence-electron chi connectivity index (χ1n) is 5.17. The average molecular weight is 214 g/mol. The van der Waals surface area contributed by atoms with Crippen molar-refractivity contribution in [3.05, 3.63) is 53.9 Å². The lowest BCUT2D eigenvalue weighted by Crippen LogP contribution is -1.99. The molecule has 0 amide bonds. The van der Waals surface area contributed by atoms with Crippen LogP contribution in [0.1, 0.15) is 11.1 Å². The number of phenolic OH excluding ortho intramolecular Hbond substituents is 1. The van der Waals surface area contributed by atoms with Crippen molar-refractivity contribution in [2.45, 2.75) is 13.5 Å². The summed E-state index contributed by atoms with van der Waals surface area (Å²) >= 11 is 0. The number of aromatic nitrogens is 1. The summed E-state index contributed by atoms with van der Waals surface area (Å²) in [5.41, 5.74) is 3.16. The van der Waals surface area contributed by atoms with E-state index in [0.29, 0.717) is 12.3 Å². The number of hydrogen-bond donors (Lipinski definition) is 2. The summed E-state index contributed by atoms with van der Waals surface area (Å²) in [5, 5.41) is 12.6. The molecule has 0 radical (unpaired) electrons. The maximum absolute atomic E-state index is 9.31. The number of anilines is 1. The van der Waals surface area contributed by atoms with Gasteiger partial charge in [0, 0.05) is 18.9 Å². The zero-order chi connectivity index (χ0) is 11.4. The molecule has 0 aliphatic rings. The normalized spacial score (nSPS) is 10.1. The Hall–Kier alpha value is -2.03. The molecule has 0 unspecified atom stereocenters. The summed E-state index contributed by atoms with van der Waals surface area (Å²) in [4.78, 5) is 4.10. The summed E-state index contributed by atoms with van der Waals surface area (Å²) in [5.74, 6) is 0.293. The van der Waals surface area contributed by atoms with Gasteiger partial charge in [0.05, 0.1) is 5.69 Å². The largest absolute Gasteiger partial charge is 0.508 e. The molecule has 1 heterocycles. The fraction of sp³-hybridized carbons (Fsp3) is 0.154. The quantitative estimate of drug-likeness (QED) is 0.825. The third-order valence-corrected chi connectivity index (χ3v) is 2.28. The Morgan fingerprint density at radius 2 is 2.12 bits per heavy atom. The van der Waals surface area contributed by atoms with E-state index >= 15 is 0 Å². The van der Waals surface area contributed by atoms with Crippen LogP contribution in [0.4, 0.5) is 5.69 Å². The molecule has 2 aromatic rings. The maximum atomic E-state index is 9.31. The van der Waals surface area contributed by atoms with Crippen molar-refractivity contribution >= 4 is 5.69 Å². The van der Waals surface area contributed by atoms with Crippen LogP contribution in [0.15, 0.2) is 42.7 Å². The lowest BCUT2D eigenvalue weighted by atomic mass is 10.2. The fourth-order valence-corrected chi connectivity index (χ4v) is 1.52. The Bertz CT molecular complexity index is 437. The van der Waals surface area contributed by atoms with E-state index in [9.17, 15) is 5.11 Å². The van der Waals surface area contributed by atoms with Crippen molar-refractivity contribution in [3.63, 3.8) is 0 Å². The third-order valence-electron chi connectivity index (χ3n) is 2.28. The van der Waals surface area contributed by atoms with E-state index in [4.69, 9.17) is 0 Å². The van der Waals surface area contributed by atoms with Crippen LogP contribution in [0.5, 0.6) is 5.75 Å². The van der Waals surface area contributed by atoms with Gasteiger partial charge in [-0.3, -0.25) is 4.98 Å². The summed E-state index contributed by atoms with van der Waals surface area (Å²) in [7, 11) is 0. The highest BCUT2D eigenvalue weighted by Crippen LogP contribution is 2.13. The summed E-state index contributed by atoms with van der Waals surface area (Å²) in [6.45, 7) is 2.69. The van der Waals surface area contributed by atoms with Crippen LogP contribution in [0.3, 0.4) is 0 Å². The Balaban J connectivity index is 2.02. The highest BCUT2D eigenvalue weighted by atomic mass is 16.3. The van der Waals surface area contributed by atoms with Crippen molar-refractivity contribution in [2.75, 3.05) is 5.32 Å². The van der Waals surface area contributed by atoms with Gasteiger partial charge in [0.1, 0.15) is 5.75 Å².